The van der Waals surface area contributed by atoms with Gasteiger partial charge in [0.05, 0.1) is 0 Å². The third kappa shape index (κ3) is 4.68. The van der Waals surface area contributed by atoms with Crippen LogP contribution in [0.3, 0.4) is 0 Å². The average Bonchev–Trinajstić information content (AvgIpc) is 2.63. The fourth-order valence-corrected chi connectivity index (χ4v) is 3.73. The molecule has 0 aliphatic rings. The van der Waals surface area contributed by atoms with Crippen LogP contribution >= 0.6 is 19.2 Å². The Labute approximate surface area is 146 Å². The van der Waals surface area contributed by atoms with Gasteiger partial charge in [0.2, 0.25) is 0 Å². The van der Waals surface area contributed by atoms with E-state index < -0.39 is 13.4 Å². The fraction of sp³-hybridized carbons (Fsp3) is 0.235. The summed E-state index contributed by atoms with van der Waals surface area (Å²) in [6, 6.07) is 15.8. The van der Waals surface area contributed by atoms with Crippen molar-refractivity contribution >= 4 is 25.1 Å². The Morgan fingerprint density at radius 3 is 2.21 bits per heavy atom. The summed E-state index contributed by atoms with van der Waals surface area (Å²) < 4.78 is 23.0. The molecular formula is C17H19ClNO4P. The van der Waals surface area contributed by atoms with E-state index in [0.717, 1.165) is 5.56 Å². The smallest absolute Gasteiger partial charge is 0.338 e. The average molecular weight is 368 g/mol. The molecule has 2 aromatic carbocycles. The van der Waals surface area contributed by atoms with Gasteiger partial charge in [-0.2, -0.15) is 0 Å². The largest absolute Gasteiger partial charge is 0.352 e. The van der Waals surface area contributed by atoms with E-state index >= 15 is 0 Å². The maximum absolute atomic E-state index is 12.8. The van der Waals surface area contributed by atoms with Crippen LogP contribution in [-0.2, 0) is 20.0 Å². The summed E-state index contributed by atoms with van der Waals surface area (Å²) >= 11 is 5.88. The molecule has 2 aromatic rings. The van der Waals surface area contributed by atoms with E-state index in [2.05, 4.69) is 5.32 Å². The Kier molecular flexibility index (Phi) is 6.58. The highest BCUT2D eigenvalue weighted by atomic mass is 35.5. The normalized spacial score (nSPS) is 12.6. The van der Waals surface area contributed by atoms with Crippen LogP contribution in [0.4, 0.5) is 0 Å². The molecule has 24 heavy (non-hydrogen) atoms. The van der Waals surface area contributed by atoms with E-state index in [-0.39, 0.29) is 12.3 Å². The molecule has 0 radical (unpaired) electrons. The van der Waals surface area contributed by atoms with Crippen LogP contribution in [0.15, 0.2) is 54.6 Å². The monoisotopic (exact) mass is 367 g/mol. The molecule has 1 atom stereocenters. The lowest BCUT2D eigenvalue weighted by molar-refractivity contribution is 0.0941. The van der Waals surface area contributed by atoms with Gasteiger partial charge in [0.25, 0.3) is 5.91 Å². The van der Waals surface area contributed by atoms with Gasteiger partial charge in [-0.15, -0.1) is 0 Å². The van der Waals surface area contributed by atoms with Crippen LogP contribution in [-0.4, -0.2) is 25.9 Å². The van der Waals surface area contributed by atoms with Crippen LogP contribution in [0.1, 0.15) is 15.9 Å². The molecule has 0 aromatic heterocycles. The molecule has 0 heterocycles. The number of amides is 1. The maximum atomic E-state index is 12.8. The van der Waals surface area contributed by atoms with Crippen molar-refractivity contribution < 1.29 is 18.4 Å². The van der Waals surface area contributed by atoms with Gasteiger partial charge in [0.15, 0.2) is 0 Å². The molecule has 128 valence electrons. The van der Waals surface area contributed by atoms with E-state index in [9.17, 15) is 9.36 Å². The Morgan fingerprint density at radius 1 is 1.08 bits per heavy atom. The third-order valence-corrected chi connectivity index (χ3v) is 5.91. The predicted octanol–water partition coefficient (Wildman–Crippen LogP) is 4.12. The van der Waals surface area contributed by atoms with Crippen molar-refractivity contribution in [2.45, 2.75) is 12.2 Å². The Balaban J connectivity index is 2.24. The Bertz CT molecular complexity index is 713. The molecule has 1 unspecified atom stereocenters. The number of hydrogen-bond acceptors (Lipinski definition) is 4. The molecule has 0 bridgehead atoms. The first kappa shape index (κ1) is 18.7. The molecule has 0 aliphatic carbocycles. The number of carbonyl (C=O) groups is 1. The molecular weight excluding hydrogens is 349 g/mol. The zero-order valence-electron chi connectivity index (χ0n) is 13.4. The number of rotatable bonds is 7. The highest BCUT2D eigenvalue weighted by molar-refractivity contribution is 7.54. The van der Waals surface area contributed by atoms with Crippen LogP contribution in [0.25, 0.3) is 0 Å². The van der Waals surface area contributed by atoms with Gasteiger partial charge in [-0.1, -0.05) is 41.9 Å². The summed E-state index contributed by atoms with van der Waals surface area (Å²) in [5.74, 6) is -1.16. The van der Waals surface area contributed by atoms with Gasteiger partial charge < -0.3 is 14.4 Å². The van der Waals surface area contributed by atoms with Gasteiger partial charge in [-0.25, -0.2) is 0 Å². The Hall–Kier alpha value is -1.65. The number of benzene rings is 2. The molecule has 2 rings (SSSR count). The quantitative estimate of drug-likeness (QED) is 0.747. The van der Waals surface area contributed by atoms with Crippen LogP contribution in [0.2, 0.25) is 5.02 Å². The van der Waals surface area contributed by atoms with Crippen molar-refractivity contribution in [2.24, 2.45) is 0 Å². The van der Waals surface area contributed by atoms with Crippen LogP contribution in [0.5, 0.6) is 0 Å². The first-order valence-corrected chi connectivity index (χ1v) is 9.29. The summed E-state index contributed by atoms with van der Waals surface area (Å²) in [5.41, 5.74) is 1.32. The summed E-state index contributed by atoms with van der Waals surface area (Å²) in [5, 5.41) is 3.36. The van der Waals surface area contributed by atoms with Crippen molar-refractivity contribution in [1.82, 2.24) is 5.32 Å². The third-order valence-electron chi connectivity index (χ3n) is 3.57. The van der Waals surface area contributed by atoms with Gasteiger partial charge in [0, 0.05) is 31.2 Å². The first-order chi connectivity index (χ1) is 11.5. The zero-order chi connectivity index (χ0) is 17.6. The minimum atomic E-state index is -3.51. The van der Waals surface area contributed by atoms with E-state index in [4.69, 9.17) is 20.6 Å². The van der Waals surface area contributed by atoms with Gasteiger partial charge in [-0.3, -0.25) is 9.36 Å². The lowest BCUT2D eigenvalue weighted by atomic mass is 10.1. The standard InChI is InChI=1S/C17H19ClNO4P/c1-22-24(21,23-2)16(12-13-8-10-15(18)11-9-13)19-17(20)14-6-4-3-5-7-14/h3-11,16H,12H2,1-2H3,(H,19,20). The van der Waals surface area contributed by atoms with Crippen molar-refractivity contribution in [3.63, 3.8) is 0 Å². The van der Waals surface area contributed by atoms with E-state index in [1.54, 1.807) is 48.5 Å². The van der Waals surface area contributed by atoms with Crippen LogP contribution in [0, 0.1) is 0 Å². The van der Waals surface area contributed by atoms with Crippen molar-refractivity contribution in [3.8, 4) is 0 Å². The molecule has 0 saturated carbocycles. The molecule has 7 heteroatoms. The van der Waals surface area contributed by atoms with Crippen molar-refractivity contribution in [3.05, 3.63) is 70.7 Å². The molecule has 5 nitrogen and oxygen atoms in total. The highest BCUT2D eigenvalue weighted by Gasteiger charge is 2.35. The van der Waals surface area contributed by atoms with Gasteiger partial charge >= 0.3 is 7.60 Å². The van der Waals surface area contributed by atoms with E-state index in [1.165, 1.54) is 14.2 Å². The second-order valence-corrected chi connectivity index (χ2v) is 7.96. The van der Waals surface area contributed by atoms with E-state index in [1.807, 2.05) is 6.07 Å². The molecule has 0 spiro atoms. The topological polar surface area (TPSA) is 64.6 Å². The zero-order valence-corrected chi connectivity index (χ0v) is 15.1. The predicted molar refractivity (Wildman–Crippen MR) is 94.5 cm³/mol. The number of hydrogen-bond donors (Lipinski definition) is 1. The fourth-order valence-electron chi connectivity index (χ4n) is 2.24. The van der Waals surface area contributed by atoms with Crippen molar-refractivity contribution in [2.75, 3.05) is 14.2 Å². The van der Waals surface area contributed by atoms with Gasteiger partial charge in [-0.05, 0) is 29.8 Å². The molecule has 0 fully saturated rings. The number of halogens is 1. The second kappa shape index (κ2) is 8.45. The van der Waals surface area contributed by atoms with E-state index in [0.29, 0.717) is 10.6 Å². The molecule has 1 amide bonds. The van der Waals surface area contributed by atoms with Crippen molar-refractivity contribution in [1.29, 1.82) is 0 Å². The summed E-state index contributed by atoms with van der Waals surface area (Å²) in [6.45, 7) is 0. The highest BCUT2D eigenvalue weighted by Crippen LogP contribution is 2.51. The Morgan fingerprint density at radius 2 is 1.67 bits per heavy atom. The summed E-state index contributed by atoms with van der Waals surface area (Å²) in [4.78, 5) is 12.4. The lowest BCUT2D eigenvalue weighted by Crippen LogP contribution is -2.37. The minimum Gasteiger partial charge on any atom is -0.338 e. The second-order valence-electron chi connectivity index (χ2n) is 5.09. The lowest BCUT2D eigenvalue weighted by Gasteiger charge is -2.25. The van der Waals surface area contributed by atoms with Gasteiger partial charge in [0.1, 0.15) is 5.78 Å². The summed E-state index contributed by atoms with van der Waals surface area (Å²) in [6.07, 6.45) is 0.286. The molecule has 0 saturated heterocycles. The van der Waals surface area contributed by atoms with Crippen LogP contribution < -0.4 is 5.32 Å². The first-order valence-electron chi connectivity index (χ1n) is 7.30. The summed E-state index contributed by atoms with van der Waals surface area (Å²) in [7, 11) is -0.909. The molecule has 0 aliphatic heterocycles. The minimum absolute atomic E-state index is 0.286. The SMILES string of the molecule is COP(=O)(OC)C(Cc1ccc(Cl)cc1)NC(=O)c1ccccc1. The molecule has 1 N–H and O–H groups in total. The number of nitrogens with one attached hydrogen (secondary N) is 1. The maximum Gasteiger partial charge on any atom is 0.352 e. The number of carbonyl (C=O) groups excluding carboxylic acids is 1.